The number of fused-ring (bicyclic) bond motifs is 3. The Bertz CT molecular complexity index is 735. The SMILES string of the molecule is CC(=N)c1cn(C)c2c1ccc1ccccc12. The van der Waals surface area contributed by atoms with E-state index in [0.717, 1.165) is 5.56 Å². The normalized spacial score (nSPS) is 11.2. The van der Waals surface area contributed by atoms with Crippen LogP contribution in [0.3, 0.4) is 0 Å². The fraction of sp³-hybridized carbons (Fsp3) is 0.133. The molecule has 0 aliphatic carbocycles. The van der Waals surface area contributed by atoms with E-state index in [2.05, 4.69) is 41.0 Å². The molecular formula is C15H14N2. The van der Waals surface area contributed by atoms with Gasteiger partial charge < -0.3 is 9.98 Å². The molecule has 0 saturated carbocycles. The van der Waals surface area contributed by atoms with Crippen molar-refractivity contribution in [2.75, 3.05) is 0 Å². The van der Waals surface area contributed by atoms with Crippen LogP contribution in [0.2, 0.25) is 0 Å². The van der Waals surface area contributed by atoms with Crippen LogP contribution in [0.15, 0.2) is 42.6 Å². The summed E-state index contributed by atoms with van der Waals surface area (Å²) in [6.07, 6.45) is 2.04. The summed E-state index contributed by atoms with van der Waals surface area (Å²) in [5, 5.41) is 11.5. The Morgan fingerprint density at radius 3 is 2.59 bits per heavy atom. The maximum Gasteiger partial charge on any atom is 0.0564 e. The molecule has 3 aromatic rings. The summed E-state index contributed by atoms with van der Waals surface area (Å²) in [4.78, 5) is 0. The van der Waals surface area contributed by atoms with Gasteiger partial charge in [0.25, 0.3) is 0 Å². The number of benzene rings is 2. The molecule has 0 saturated heterocycles. The van der Waals surface area contributed by atoms with Crippen LogP contribution in [-0.2, 0) is 7.05 Å². The Hall–Kier alpha value is -2.09. The van der Waals surface area contributed by atoms with Gasteiger partial charge in [-0.3, -0.25) is 0 Å². The average molecular weight is 222 g/mol. The van der Waals surface area contributed by atoms with Crippen LogP contribution < -0.4 is 0 Å². The molecule has 0 aliphatic heterocycles. The molecule has 0 fully saturated rings. The second kappa shape index (κ2) is 3.45. The lowest BCUT2D eigenvalue weighted by Gasteiger charge is -2.02. The highest BCUT2D eigenvalue weighted by atomic mass is 14.9. The van der Waals surface area contributed by atoms with Gasteiger partial charge in [0.1, 0.15) is 0 Å². The molecule has 0 amide bonds. The van der Waals surface area contributed by atoms with Crippen LogP contribution >= 0.6 is 0 Å². The van der Waals surface area contributed by atoms with E-state index in [9.17, 15) is 0 Å². The first-order chi connectivity index (χ1) is 8.18. The minimum Gasteiger partial charge on any atom is -0.349 e. The third kappa shape index (κ3) is 1.37. The van der Waals surface area contributed by atoms with Crippen LogP contribution in [0, 0.1) is 5.41 Å². The van der Waals surface area contributed by atoms with Crippen molar-refractivity contribution < 1.29 is 0 Å². The first-order valence-electron chi connectivity index (χ1n) is 5.71. The Kier molecular flexibility index (Phi) is 2.05. The summed E-state index contributed by atoms with van der Waals surface area (Å²) < 4.78 is 2.12. The lowest BCUT2D eigenvalue weighted by Crippen LogP contribution is -1.89. The van der Waals surface area contributed by atoms with Crippen LogP contribution in [0.5, 0.6) is 0 Å². The van der Waals surface area contributed by atoms with E-state index in [0.29, 0.717) is 5.71 Å². The van der Waals surface area contributed by atoms with E-state index in [-0.39, 0.29) is 0 Å². The quantitative estimate of drug-likeness (QED) is 0.608. The highest BCUT2D eigenvalue weighted by Gasteiger charge is 2.10. The fourth-order valence-corrected chi connectivity index (χ4v) is 2.48. The lowest BCUT2D eigenvalue weighted by molar-refractivity contribution is 0.971. The molecular weight excluding hydrogens is 208 g/mol. The number of aryl methyl sites for hydroxylation is 1. The van der Waals surface area contributed by atoms with Gasteiger partial charge >= 0.3 is 0 Å². The lowest BCUT2D eigenvalue weighted by atomic mass is 10.0. The van der Waals surface area contributed by atoms with Crippen LogP contribution in [-0.4, -0.2) is 10.3 Å². The largest absolute Gasteiger partial charge is 0.349 e. The van der Waals surface area contributed by atoms with Crippen LogP contribution in [0.1, 0.15) is 12.5 Å². The minimum absolute atomic E-state index is 0.617. The molecule has 17 heavy (non-hydrogen) atoms. The monoisotopic (exact) mass is 222 g/mol. The van der Waals surface area contributed by atoms with Crippen molar-refractivity contribution in [1.29, 1.82) is 5.41 Å². The second-order valence-electron chi connectivity index (χ2n) is 4.46. The number of nitrogens with zero attached hydrogens (tertiary/aromatic N) is 1. The molecule has 1 N–H and O–H groups in total. The first kappa shape index (κ1) is 10.1. The van der Waals surface area contributed by atoms with Gasteiger partial charge in [0.2, 0.25) is 0 Å². The number of hydrogen-bond acceptors (Lipinski definition) is 1. The Morgan fingerprint density at radius 1 is 1.06 bits per heavy atom. The van der Waals surface area contributed by atoms with Crippen molar-refractivity contribution in [2.45, 2.75) is 6.92 Å². The summed E-state index contributed by atoms with van der Waals surface area (Å²) in [6, 6.07) is 12.6. The zero-order valence-electron chi connectivity index (χ0n) is 9.99. The second-order valence-corrected chi connectivity index (χ2v) is 4.46. The van der Waals surface area contributed by atoms with Gasteiger partial charge in [0.05, 0.1) is 5.52 Å². The molecule has 0 aliphatic rings. The maximum atomic E-state index is 7.83. The number of nitrogens with one attached hydrogen (secondary N) is 1. The van der Waals surface area contributed by atoms with Gasteiger partial charge in [-0.25, -0.2) is 0 Å². The Labute approximate surface area is 100.0 Å². The van der Waals surface area contributed by atoms with E-state index in [1.54, 1.807) is 0 Å². The zero-order valence-corrected chi connectivity index (χ0v) is 9.99. The topological polar surface area (TPSA) is 28.8 Å². The highest BCUT2D eigenvalue weighted by Crippen LogP contribution is 2.28. The first-order valence-corrected chi connectivity index (χ1v) is 5.71. The Balaban J connectivity index is 2.55. The van der Waals surface area contributed by atoms with E-state index in [1.807, 2.05) is 20.2 Å². The average Bonchev–Trinajstić information content (AvgIpc) is 2.67. The number of aromatic nitrogens is 1. The summed E-state index contributed by atoms with van der Waals surface area (Å²) in [5.41, 5.74) is 2.85. The molecule has 0 spiro atoms. The molecule has 84 valence electrons. The van der Waals surface area contributed by atoms with Crippen molar-refractivity contribution in [1.82, 2.24) is 4.57 Å². The molecule has 1 heterocycles. The maximum absolute atomic E-state index is 7.83. The summed E-state index contributed by atoms with van der Waals surface area (Å²) >= 11 is 0. The van der Waals surface area contributed by atoms with Crippen molar-refractivity contribution in [3.8, 4) is 0 Å². The Morgan fingerprint density at radius 2 is 1.82 bits per heavy atom. The van der Waals surface area contributed by atoms with Gasteiger partial charge in [-0.05, 0) is 12.3 Å². The minimum atomic E-state index is 0.617. The summed E-state index contributed by atoms with van der Waals surface area (Å²) in [6.45, 7) is 1.84. The standard InChI is InChI=1S/C15H14N2/c1-10(16)14-9-17(2)15-12-6-4-3-5-11(12)7-8-13(14)15/h3-9,16H,1-2H3. The molecule has 0 bridgehead atoms. The highest BCUT2D eigenvalue weighted by molar-refractivity contribution is 6.15. The smallest absolute Gasteiger partial charge is 0.0564 e. The van der Waals surface area contributed by atoms with Gasteiger partial charge in [0.15, 0.2) is 0 Å². The molecule has 2 aromatic carbocycles. The van der Waals surface area contributed by atoms with Crippen molar-refractivity contribution >= 4 is 27.4 Å². The van der Waals surface area contributed by atoms with Crippen molar-refractivity contribution in [3.05, 3.63) is 48.2 Å². The predicted molar refractivity (Wildman–Crippen MR) is 72.9 cm³/mol. The van der Waals surface area contributed by atoms with Gasteiger partial charge in [-0.2, -0.15) is 0 Å². The molecule has 0 atom stereocenters. The fourth-order valence-electron chi connectivity index (χ4n) is 2.48. The third-order valence-electron chi connectivity index (χ3n) is 3.27. The molecule has 2 heteroatoms. The van der Waals surface area contributed by atoms with Crippen LogP contribution in [0.25, 0.3) is 21.7 Å². The van der Waals surface area contributed by atoms with E-state index >= 15 is 0 Å². The zero-order chi connectivity index (χ0) is 12.0. The summed E-state index contributed by atoms with van der Waals surface area (Å²) in [7, 11) is 2.04. The van der Waals surface area contributed by atoms with Crippen LogP contribution in [0.4, 0.5) is 0 Å². The number of hydrogen-bond donors (Lipinski definition) is 1. The van der Waals surface area contributed by atoms with E-state index in [4.69, 9.17) is 5.41 Å². The molecule has 3 rings (SSSR count). The molecule has 0 unspecified atom stereocenters. The molecule has 2 nitrogen and oxygen atoms in total. The van der Waals surface area contributed by atoms with Crippen molar-refractivity contribution in [2.24, 2.45) is 7.05 Å². The van der Waals surface area contributed by atoms with E-state index in [1.165, 1.54) is 21.7 Å². The molecule has 1 aromatic heterocycles. The van der Waals surface area contributed by atoms with Crippen molar-refractivity contribution in [3.63, 3.8) is 0 Å². The van der Waals surface area contributed by atoms with Gasteiger partial charge in [-0.1, -0.05) is 36.4 Å². The molecule has 0 radical (unpaired) electrons. The van der Waals surface area contributed by atoms with Gasteiger partial charge in [0, 0.05) is 35.3 Å². The van der Waals surface area contributed by atoms with Gasteiger partial charge in [-0.15, -0.1) is 0 Å². The predicted octanol–water partition coefficient (Wildman–Crippen LogP) is 3.72. The van der Waals surface area contributed by atoms with E-state index < -0.39 is 0 Å². The third-order valence-corrected chi connectivity index (χ3v) is 3.27. The summed E-state index contributed by atoms with van der Waals surface area (Å²) in [5.74, 6) is 0. The number of rotatable bonds is 1.